The molecule has 2 N–H and O–H groups in total. The first-order chi connectivity index (χ1) is 16.9. The molecule has 2 aliphatic rings. The summed E-state index contributed by atoms with van der Waals surface area (Å²) in [4.78, 5) is 30.2. The van der Waals surface area contributed by atoms with E-state index in [-0.39, 0.29) is 17.6 Å². The van der Waals surface area contributed by atoms with Crippen molar-refractivity contribution in [2.75, 3.05) is 25.5 Å². The summed E-state index contributed by atoms with van der Waals surface area (Å²) >= 11 is 0. The molecule has 0 spiro atoms. The molecule has 184 valence electrons. The summed E-state index contributed by atoms with van der Waals surface area (Å²) in [6.07, 6.45) is 6.07. The number of aromatic amines is 1. The predicted molar refractivity (Wildman–Crippen MR) is 135 cm³/mol. The third-order valence-electron chi connectivity index (χ3n) is 6.58. The van der Waals surface area contributed by atoms with Crippen molar-refractivity contribution in [1.82, 2.24) is 19.7 Å². The summed E-state index contributed by atoms with van der Waals surface area (Å²) in [5.41, 5.74) is 3.08. The van der Waals surface area contributed by atoms with Gasteiger partial charge in [-0.15, -0.1) is 0 Å². The molecule has 2 aromatic heterocycles. The number of anilines is 2. The number of aromatic nitrogens is 3. The second-order valence-corrected chi connectivity index (χ2v) is 9.15. The Labute approximate surface area is 204 Å². The van der Waals surface area contributed by atoms with Crippen LogP contribution in [0.1, 0.15) is 48.5 Å². The molecular weight excluding hydrogens is 444 g/mol. The molecule has 1 saturated heterocycles. The number of piperidine rings is 1. The number of likely N-dealkylation sites (tertiary alicyclic amines) is 1. The fourth-order valence-electron chi connectivity index (χ4n) is 4.49. The highest BCUT2D eigenvalue weighted by Crippen LogP contribution is 2.33. The van der Waals surface area contributed by atoms with Crippen molar-refractivity contribution in [2.45, 2.75) is 52.2 Å². The molecule has 1 aliphatic carbocycles. The third-order valence-corrected chi connectivity index (χ3v) is 6.58. The molecule has 1 aromatic carbocycles. The molecule has 35 heavy (non-hydrogen) atoms. The van der Waals surface area contributed by atoms with Gasteiger partial charge in [-0.05, 0) is 68.4 Å². The van der Waals surface area contributed by atoms with Gasteiger partial charge in [0.2, 0.25) is 0 Å². The first-order valence-electron chi connectivity index (χ1n) is 12.0. The van der Waals surface area contributed by atoms with E-state index in [4.69, 9.17) is 15.1 Å². The smallest absolute Gasteiger partial charge is 0.261 e. The lowest BCUT2D eigenvalue weighted by atomic mass is 10.0. The van der Waals surface area contributed by atoms with Gasteiger partial charge < -0.3 is 19.9 Å². The van der Waals surface area contributed by atoms with E-state index in [1.807, 2.05) is 40.8 Å². The molecule has 1 amide bonds. The Hall–Kier alpha value is -3.64. The molecule has 9 nitrogen and oxygen atoms in total. The van der Waals surface area contributed by atoms with Crippen LogP contribution in [0.4, 0.5) is 11.5 Å². The number of methoxy groups -OCH3 is 1. The molecular formula is C26H32N6O3. The van der Waals surface area contributed by atoms with Gasteiger partial charge in [0.1, 0.15) is 5.39 Å². The Morgan fingerprint density at radius 3 is 2.60 bits per heavy atom. The van der Waals surface area contributed by atoms with Crippen LogP contribution in [0.3, 0.4) is 0 Å². The van der Waals surface area contributed by atoms with Crippen molar-refractivity contribution in [3.05, 3.63) is 51.9 Å². The SMILES string of the molecule is CC#N.COC1CCN(C(=O)c2ccc(Nc3nn(CC4CC4)c4cc[nH]c(=O)c34)cc2C)CC1. The fourth-order valence-corrected chi connectivity index (χ4v) is 4.49. The molecule has 1 saturated carbocycles. The monoisotopic (exact) mass is 476 g/mol. The van der Waals surface area contributed by atoms with Gasteiger partial charge in [-0.1, -0.05) is 0 Å². The number of pyridine rings is 1. The standard InChI is InChI=1S/C24H29N5O3.C2H3N/c1-15-13-17(5-6-19(15)24(31)28-11-8-18(32-2)9-12-28)26-22-21-20(7-10-25-23(21)30)29(27-22)14-16-3-4-16;1-2-3/h5-7,10,13,16,18H,3-4,8-9,11-12,14H2,1-2H3,(H,25,30)(H,26,27);1H3. The van der Waals surface area contributed by atoms with Crippen LogP contribution in [-0.2, 0) is 11.3 Å². The van der Waals surface area contributed by atoms with Gasteiger partial charge in [-0.3, -0.25) is 14.3 Å². The van der Waals surface area contributed by atoms with E-state index in [1.54, 1.807) is 19.4 Å². The van der Waals surface area contributed by atoms with Crippen LogP contribution in [0.5, 0.6) is 0 Å². The molecule has 0 atom stereocenters. The molecule has 2 fully saturated rings. The maximum Gasteiger partial charge on any atom is 0.261 e. The van der Waals surface area contributed by atoms with E-state index in [0.29, 0.717) is 35.8 Å². The number of fused-ring (bicyclic) bond motifs is 1. The van der Waals surface area contributed by atoms with Gasteiger partial charge in [0, 0.05) is 51.1 Å². The average molecular weight is 477 g/mol. The van der Waals surface area contributed by atoms with Gasteiger partial charge in [0.15, 0.2) is 5.82 Å². The average Bonchev–Trinajstić information content (AvgIpc) is 3.61. The summed E-state index contributed by atoms with van der Waals surface area (Å²) in [6.45, 7) is 5.62. The van der Waals surface area contributed by atoms with E-state index in [1.165, 1.54) is 19.8 Å². The summed E-state index contributed by atoms with van der Waals surface area (Å²) in [6, 6.07) is 9.33. The first kappa shape index (κ1) is 24.5. The van der Waals surface area contributed by atoms with Crippen molar-refractivity contribution in [3.8, 4) is 6.07 Å². The molecule has 0 bridgehead atoms. The quantitative estimate of drug-likeness (QED) is 0.556. The van der Waals surface area contributed by atoms with Gasteiger partial charge in [0.05, 0.1) is 17.7 Å². The number of hydrogen-bond acceptors (Lipinski definition) is 6. The molecule has 3 heterocycles. The number of nitriles is 1. The van der Waals surface area contributed by atoms with Crippen molar-refractivity contribution in [2.24, 2.45) is 5.92 Å². The number of H-pyrrole nitrogens is 1. The number of carbonyl (C=O) groups is 1. The van der Waals surface area contributed by atoms with Gasteiger partial charge in [-0.25, -0.2) is 0 Å². The molecule has 0 radical (unpaired) electrons. The number of aryl methyl sites for hydroxylation is 1. The molecule has 3 aromatic rings. The molecule has 5 rings (SSSR count). The third kappa shape index (κ3) is 5.54. The first-order valence-corrected chi connectivity index (χ1v) is 12.0. The van der Waals surface area contributed by atoms with Crippen molar-refractivity contribution in [1.29, 1.82) is 5.26 Å². The minimum absolute atomic E-state index is 0.0548. The number of nitrogens with one attached hydrogen (secondary N) is 2. The van der Waals surface area contributed by atoms with Crippen molar-refractivity contribution >= 4 is 28.3 Å². The lowest BCUT2D eigenvalue weighted by molar-refractivity contribution is 0.0350. The van der Waals surface area contributed by atoms with Crippen LogP contribution in [0, 0.1) is 24.2 Å². The lowest BCUT2D eigenvalue weighted by Gasteiger charge is -2.31. The van der Waals surface area contributed by atoms with Crippen LogP contribution in [-0.4, -0.2) is 51.9 Å². The second kappa shape index (κ2) is 10.7. The zero-order valence-corrected chi connectivity index (χ0v) is 20.5. The van der Waals surface area contributed by atoms with Crippen LogP contribution in [0.25, 0.3) is 10.9 Å². The highest BCUT2D eigenvalue weighted by Gasteiger charge is 2.26. The van der Waals surface area contributed by atoms with Crippen molar-refractivity contribution < 1.29 is 9.53 Å². The zero-order valence-electron chi connectivity index (χ0n) is 20.5. The van der Waals surface area contributed by atoms with Crippen molar-refractivity contribution in [3.63, 3.8) is 0 Å². The molecule has 9 heteroatoms. The number of amides is 1. The number of benzene rings is 1. The van der Waals surface area contributed by atoms with Gasteiger partial charge >= 0.3 is 0 Å². The largest absolute Gasteiger partial charge is 0.381 e. The second-order valence-electron chi connectivity index (χ2n) is 9.15. The summed E-state index contributed by atoms with van der Waals surface area (Å²) in [7, 11) is 1.73. The van der Waals surface area contributed by atoms with Crippen LogP contribution in [0.2, 0.25) is 0 Å². The Morgan fingerprint density at radius 2 is 1.97 bits per heavy atom. The van der Waals surface area contributed by atoms with Gasteiger partial charge in [0.25, 0.3) is 11.5 Å². The highest BCUT2D eigenvalue weighted by molar-refractivity contribution is 5.96. The Kier molecular flexibility index (Phi) is 7.51. The van der Waals surface area contributed by atoms with E-state index in [9.17, 15) is 9.59 Å². The van der Waals surface area contributed by atoms with E-state index in [0.717, 1.165) is 36.2 Å². The normalized spacial score (nSPS) is 15.9. The maximum atomic E-state index is 13.0. The van der Waals surface area contributed by atoms with E-state index in [2.05, 4.69) is 10.3 Å². The summed E-state index contributed by atoms with van der Waals surface area (Å²) in [5, 5.41) is 15.9. The Bertz CT molecular complexity index is 1290. The zero-order chi connectivity index (χ0) is 24.9. The number of rotatable bonds is 6. The topological polar surface area (TPSA) is 116 Å². The minimum Gasteiger partial charge on any atom is -0.381 e. The van der Waals surface area contributed by atoms with Gasteiger partial charge in [-0.2, -0.15) is 10.4 Å². The number of ether oxygens (including phenoxy) is 1. The number of nitrogens with zero attached hydrogens (tertiary/aromatic N) is 4. The number of carbonyl (C=O) groups excluding carboxylic acids is 1. The number of hydrogen-bond donors (Lipinski definition) is 2. The van der Waals surface area contributed by atoms with E-state index < -0.39 is 0 Å². The summed E-state index contributed by atoms with van der Waals surface area (Å²) in [5.74, 6) is 1.24. The summed E-state index contributed by atoms with van der Waals surface area (Å²) < 4.78 is 7.34. The predicted octanol–water partition coefficient (Wildman–Crippen LogP) is 3.97. The Morgan fingerprint density at radius 1 is 1.26 bits per heavy atom. The van der Waals surface area contributed by atoms with Crippen LogP contribution < -0.4 is 10.9 Å². The molecule has 0 unspecified atom stereocenters. The highest BCUT2D eigenvalue weighted by atomic mass is 16.5. The fraction of sp³-hybridized carbons (Fsp3) is 0.462. The van der Waals surface area contributed by atoms with Crippen LogP contribution in [0.15, 0.2) is 35.3 Å². The minimum atomic E-state index is -0.157. The Balaban J connectivity index is 0.000000917. The lowest BCUT2D eigenvalue weighted by Crippen LogP contribution is -2.40. The van der Waals surface area contributed by atoms with E-state index >= 15 is 0 Å². The molecule has 1 aliphatic heterocycles. The maximum absolute atomic E-state index is 13.0. The van der Waals surface area contributed by atoms with Crippen LogP contribution >= 0.6 is 0 Å².